The molecule has 0 radical (unpaired) electrons. The van der Waals surface area contributed by atoms with Crippen LogP contribution in [0.4, 0.5) is 11.6 Å². The van der Waals surface area contributed by atoms with Crippen LogP contribution >= 0.6 is 0 Å². The molecule has 1 fully saturated rings. The maximum absolute atomic E-state index is 11.6. The summed E-state index contributed by atoms with van der Waals surface area (Å²) in [5.41, 5.74) is 6.06. The van der Waals surface area contributed by atoms with Crippen molar-refractivity contribution in [1.82, 2.24) is 9.97 Å². The van der Waals surface area contributed by atoms with Crippen LogP contribution in [-0.4, -0.2) is 35.5 Å². The Morgan fingerprint density at radius 2 is 2.15 bits per heavy atom. The maximum atomic E-state index is 11.6. The fourth-order valence-electron chi connectivity index (χ4n) is 2.60. The lowest BCUT2D eigenvalue weighted by Gasteiger charge is -2.24. The molecule has 1 aromatic rings. The molecule has 1 saturated heterocycles. The first-order valence-electron chi connectivity index (χ1n) is 7.01. The number of anilines is 2. The molecule has 0 saturated carbocycles. The van der Waals surface area contributed by atoms with Gasteiger partial charge in [-0.3, -0.25) is 4.79 Å². The molecule has 2 rings (SSSR count). The molecule has 1 aromatic heterocycles. The first-order chi connectivity index (χ1) is 9.37. The Kier molecular flexibility index (Phi) is 3.83. The fraction of sp³-hybridized carbons (Fsp3) is 0.643. The van der Waals surface area contributed by atoms with Gasteiger partial charge in [-0.15, -0.1) is 0 Å². The number of nitrogens with two attached hydrogens (primary N) is 1. The van der Waals surface area contributed by atoms with E-state index in [1.54, 1.807) is 0 Å². The predicted molar refractivity (Wildman–Crippen MR) is 79.8 cm³/mol. The summed E-state index contributed by atoms with van der Waals surface area (Å²) in [7, 11) is 0. The molecule has 1 unspecified atom stereocenters. The van der Waals surface area contributed by atoms with E-state index in [0.717, 1.165) is 42.5 Å². The zero-order valence-electron chi connectivity index (χ0n) is 12.7. The van der Waals surface area contributed by atoms with E-state index in [4.69, 9.17) is 5.73 Å². The van der Waals surface area contributed by atoms with Gasteiger partial charge in [0.25, 0.3) is 0 Å². The zero-order chi connectivity index (χ0) is 14.9. The number of amides is 1. The lowest BCUT2D eigenvalue weighted by atomic mass is 9.89. The van der Waals surface area contributed by atoms with Gasteiger partial charge in [0.15, 0.2) is 0 Å². The van der Waals surface area contributed by atoms with Crippen LogP contribution in [0.3, 0.4) is 0 Å². The summed E-state index contributed by atoms with van der Waals surface area (Å²) in [6, 6.07) is 0. The largest absolute Gasteiger partial charge is 0.370 e. The van der Waals surface area contributed by atoms with E-state index in [2.05, 4.69) is 20.2 Å². The lowest BCUT2D eigenvalue weighted by molar-refractivity contribution is -0.125. The number of aromatic nitrogens is 2. The van der Waals surface area contributed by atoms with Crippen molar-refractivity contribution in [2.24, 2.45) is 11.1 Å². The van der Waals surface area contributed by atoms with Crippen LogP contribution in [0, 0.1) is 19.3 Å². The van der Waals surface area contributed by atoms with E-state index in [1.165, 1.54) is 0 Å². The SMILES string of the molecule is CCNc1nc(C)nc(N2CCC(C)(C(N)=O)C2)c1C. The minimum atomic E-state index is -0.469. The third kappa shape index (κ3) is 2.55. The van der Waals surface area contributed by atoms with E-state index in [-0.39, 0.29) is 5.91 Å². The Hall–Kier alpha value is -1.85. The van der Waals surface area contributed by atoms with Crippen LogP contribution in [0.25, 0.3) is 0 Å². The van der Waals surface area contributed by atoms with Gasteiger partial charge in [0, 0.05) is 25.2 Å². The average Bonchev–Trinajstić information content (AvgIpc) is 2.78. The van der Waals surface area contributed by atoms with Crippen LogP contribution < -0.4 is 16.0 Å². The topological polar surface area (TPSA) is 84.1 Å². The van der Waals surface area contributed by atoms with Gasteiger partial charge in [-0.1, -0.05) is 0 Å². The van der Waals surface area contributed by atoms with Crippen molar-refractivity contribution < 1.29 is 4.79 Å². The summed E-state index contributed by atoms with van der Waals surface area (Å²) < 4.78 is 0. The third-order valence-electron chi connectivity index (χ3n) is 3.94. The maximum Gasteiger partial charge on any atom is 0.225 e. The van der Waals surface area contributed by atoms with E-state index in [0.29, 0.717) is 6.54 Å². The van der Waals surface area contributed by atoms with E-state index >= 15 is 0 Å². The normalized spacial score (nSPS) is 22.1. The number of primary amides is 1. The van der Waals surface area contributed by atoms with Crippen LogP contribution in [0.1, 0.15) is 31.7 Å². The first kappa shape index (κ1) is 14.6. The first-order valence-corrected chi connectivity index (χ1v) is 7.01. The Morgan fingerprint density at radius 1 is 1.45 bits per heavy atom. The molecule has 6 heteroatoms. The molecule has 1 amide bonds. The van der Waals surface area contributed by atoms with Gasteiger partial charge in [-0.05, 0) is 34.1 Å². The van der Waals surface area contributed by atoms with Crippen LogP contribution in [-0.2, 0) is 4.79 Å². The molecule has 0 bridgehead atoms. The molecular formula is C14H23N5O. The zero-order valence-corrected chi connectivity index (χ0v) is 12.7. The number of carbonyl (C=O) groups excluding carboxylic acids is 1. The molecule has 0 aromatic carbocycles. The number of carbonyl (C=O) groups is 1. The van der Waals surface area contributed by atoms with Gasteiger partial charge < -0.3 is 16.0 Å². The summed E-state index contributed by atoms with van der Waals surface area (Å²) in [5, 5.41) is 3.25. The summed E-state index contributed by atoms with van der Waals surface area (Å²) >= 11 is 0. The summed E-state index contributed by atoms with van der Waals surface area (Å²) in [5.74, 6) is 2.26. The number of nitrogens with one attached hydrogen (secondary N) is 1. The van der Waals surface area contributed by atoms with Gasteiger partial charge in [0.1, 0.15) is 17.5 Å². The molecule has 110 valence electrons. The highest BCUT2D eigenvalue weighted by molar-refractivity contribution is 5.82. The quantitative estimate of drug-likeness (QED) is 0.864. The van der Waals surface area contributed by atoms with E-state index in [9.17, 15) is 4.79 Å². The van der Waals surface area contributed by atoms with Crippen molar-refractivity contribution in [2.45, 2.75) is 34.1 Å². The molecule has 1 aliphatic heterocycles. The molecule has 1 atom stereocenters. The van der Waals surface area contributed by atoms with Gasteiger partial charge in [-0.2, -0.15) is 0 Å². The Bertz CT molecular complexity index is 531. The average molecular weight is 277 g/mol. The van der Waals surface area contributed by atoms with Gasteiger partial charge in [0.05, 0.1) is 5.41 Å². The highest BCUT2D eigenvalue weighted by Crippen LogP contribution is 2.34. The molecule has 20 heavy (non-hydrogen) atoms. The number of rotatable bonds is 4. The lowest BCUT2D eigenvalue weighted by Crippen LogP contribution is -2.37. The fourth-order valence-corrected chi connectivity index (χ4v) is 2.60. The second kappa shape index (κ2) is 5.26. The Morgan fingerprint density at radius 3 is 2.70 bits per heavy atom. The summed E-state index contributed by atoms with van der Waals surface area (Å²) in [6.07, 6.45) is 0.765. The molecular weight excluding hydrogens is 254 g/mol. The second-order valence-electron chi connectivity index (χ2n) is 5.69. The molecule has 3 N–H and O–H groups in total. The van der Waals surface area contributed by atoms with Crippen LogP contribution in [0.2, 0.25) is 0 Å². The van der Waals surface area contributed by atoms with Gasteiger partial charge in [0.2, 0.25) is 5.91 Å². The number of hydrogen-bond donors (Lipinski definition) is 2. The van der Waals surface area contributed by atoms with Crippen molar-refractivity contribution in [2.75, 3.05) is 29.9 Å². The van der Waals surface area contributed by atoms with E-state index < -0.39 is 5.41 Å². The Balaban J connectivity index is 2.32. The van der Waals surface area contributed by atoms with Crippen molar-refractivity contribution in [3.05, 3.63) is 11.4 Å². The molecule has 1 aliphatic rings. The number of aryl methyl sites for hydroxylation is 1. The molecule has 2 heterocycles. The molecule has 0 aliphatic carbocycles. The van der Waals surface area contributed by atoms with Crippen molar-refractivity contribution in [3.63, 3.8) is 0 Å². The predicted octanol–water partition coefficient (Wildman–Crippen LogP) is 1.23. The van der Waals surface area contributed by atoms with Crippen molar-refractivity contribution >= 4 is 17.5 Å². The second-order valence-corrected chi connectivity index (χ2v) is 5.69. The monoisotopic (exact) mass is 277 g/mol. The smallest absolute Gasteiger partial charge is 0.225 e. The summed E-state index contributed by atoms with van der Waals surface area (Å²) in [6.45, 7) is 10.1. The van der Waals surface area contributed by atoms with Gasteiger partial charge >= 0.3 is 0 Å². The molecule has 6 nitrogen and oxygen atoms in total. The van der Waals surface area contributed by atoms with Crippen molar-refractivity contribution in [3.8, 4) is 0 Å². The minimum Gasteiger partial charge on any atom is -0.370 e. The highest BCUT2D eigenvalue weighted by Gasteiger charge is 2.40. The third-order valence-corrected chi connectivity index (χ3v) is 3.94. The Labute approximate surface area is 119 Å². The molecule has 0 spiro atoms. The van der Waals surface area contributed by atoms with Crippen LogP contribution in [0.5, 0.6) is 0 Å². The number of nitrogens with zero attached hydrogens (tertiary/aromatic N) is 3. The number of hydrogen-bond acceptors (Lipinski definition) is 5. The van der Waals surface area contributed by atoms with Crippen LogP contribution in [0.15, 0.2) is 0 Å². The minimum absolute atomic E-state index is 0.240. The summed E-state index contributed by atoms with van der Waals surface area (Å²) in [4.78, 5) is 22.7. The highest BCUT2D eigenvalue weighted by atomic mass is 16.1. The standard InChI is InChI=1S/C14H23N5O/c1-5-16-11-9(2)12(18-10(3)17-11)19-7-6-14(4,8-19)13(15)20/h5-8H2,1-4H3,(H2,15,20)(H,16,17,18). The van der Waals surface area contributed by atoms with E-state index in [1.807, 2.05) is 27.7 Å². The van der Waals surface area contributed by atoms with Gasteiger partial charge in [-0.25, -0.2) is 9.97 Å². The van der Waals surface area contributed by atoms with Crippen molar-refractivity contribution in [1.29, 1.82) is 0 Å².